The number of hydrogen-bond acceptors (Lipinski definition) is 4. The maximum absolute atomic E-state index is 13.1. The Labute approximate surface area is 158 Å². The summed E-state index contributed by atoms with van der Waals surface area (Å²) in [5.74, 6) is 1.73. The number of nitrogens with zero attached hydrogens (tertiary/aromatic N) is 2. The third-order valence-electron chi connectivity index (χ3n) is 6.70. The molecule has 6 nitrogen and oxygen atoms in total. The fourth-order valence-electron chi connectivity index (χ4n) is 5.52. The molecule has 0 saturated carbocycles. The van der Waals surface area contributed by atoms with Crippen LogP contribution in [-0.4, -0.2) is 52.6 Å². The fourth-order valence-corrected chi connectivity index (χ4v) is 5.52. The molecule has 1 aromatic heterocycles. The molecule has 4 aliphatic heterocycles. The van der Waals surface area contributed by atoms with Crippen molar-refractivity contribution in [1.82, 2.24) is 15.0 Å². The molecule has 2 bridgehead atoms. The Kier molecular flexibility index (Phi) is 4.16. The number of benzene rings is 1. The number of aryl methyl sites for hydroxylation is 1. The molecule has 142 valence electrons. The van der Waals surface area contributed by atoms with Crippen LogP contribution in [0, 0.1) is 5.92 Å². The van der Waals surface area contributed by atoms with E-state index < -0.39 is 0 Å². The second-order valence-corrected chi connectivity index (χ2v) is 8.10. The molecule has 5 heterocycles. The van der Waals surface area contributed by atoms with Gasteiger partial charge in [-0.2, -0.15) is 5.16 Å². The number of nitrogens with one attached hydrogen (secondary N) is 1. The topological polar surface area (TPSA) is 69.5 Å². The zero-order valence-corrected chi connectivity index (χ0v) is 15.3. The van der Waals surface area contributed by atoms with E-state index in [0.29, 0.717) is 42.5 Å². The first-order chi connectivity index (χ1) is 13.2. The lowest BCUT2D eigenvalue weighted by atomic mass is 9.75. The molecule has 2 aromatic rings. The second kappa shape index (κ2) is 6.68. The summed E-state index contributed by atoms with van der Waals surface area (Å²) in [7, 11) is 0. The predicted molar refractivity (Wildman–Crippen MR) is 100 cm³/mol. The van der Waals surface area contributed by atoms with Crippen molar-refractivity contribution in [3.8, 4) is 0 Å². The highest BCUT2D eigenvalue weighted by Gasteiger charge is 2.54. The predicted octanol–water partition coefficient (Wildman–Crippen LogP) is 1.99. The van der Waals surface area contributed by atoms with Crippen LogP contribution in [0.15, 0.2) is 45.7 Å². The van der Waals surface area contributed by atoms with Gasteiger partial charge in [-0.25, -0.2) is 0 Å². The lowest BCUT2D eigenvalue weighted by Crippen LogP contribution is -2.60. The van der Waals surface area contributed by atoms with Gasteiger partial charge < -0.3 is 9.42 Å². The van der Waals surface area contributed by atoms with Crippen LogP contribution in [0.2, 0.25) is 0 Å². The van der Waals surface area contributed by atoms with Crippen molar-refractivity contribution >= 4 is 5.91 Å². The van der Waals surface area contributed by atoms with Gasteiger partial charge in [0.15, 0.2) is 0 Å². The summed E-state index contributed by atoms with van der Waals surface area (Å²) in [5, 5.41) is 2.30. The van der Waals surface area contributed by atoms with E-state index in [-0.39, 0.29) is 11.5 Å². The highest BCUT2D eigenvalue weighted by atomic mass is 16.5. The number of fused-ring (bicyclic) bond motifs is 2. The van der Waals surface area contributed by atoms with Gasteiger partial charge in [0.25, 0.3) is 5.56 Å². The molecule has 4 saturated heterocycles. The monoisotopic (exact) mass is 367 g/mol. The van der Waals surface area contributed by atoms with Gasteiger partial charge in [0, 0.05) is 37.4 Å². The minimum Gasteiger partial charge on any atom is -0.384 e. The molecule has 0 radical (unpaired) electrons. The van der Waals surface area contributed by atoms with Crippen molar-refractivity contribution < 1.29 is 9.32 Å². The number of carbonyl (C=O) groups is 1. The molecular formula is C21H25N3O3. The molecular weight excluding hydrogens is 342 g/mol. The number of amides is 1. The van der Waals surface area contributed by atoms with Crippen molar-refractivity contribution in [2.45, 2.75) is 43.7 Å². The van der Waals surface area contributed by atoms with Crippen molar-refractivity contribution in [2.24, 2.45) is 5.92 Å². The third-order valence-corrected chi connectivity index (χ3v) is 6.70. The molecule has 6 heteroatoms. The molecule has 4 aliphatic rings. The second-order valence-electron chi connectivity index (χ2n) is 8.10. The molecule has 1 amide bonds. The molecule has 4 fully saturated rings. The lowest BCUT2D eigenvalue weighted by Gasteiger charge is -2.51. The maximum Gasteiger partial charge on any atom is 0.280 e. The molecule has 0 unspecified atom stereocenters. The lowest BCUT2D eigenvalue weighted by molar-refractivity contribution is -0.136. The summed E-state index contributed by atoms with van der Waals surface area (Å²) < 4.78 is 5.11. The van der Waals surface area contributed by atoms with E-state index in [9.17, 15) is 9.59 Å². The van der Waals surface area contributed by atoms with E-state index in [4.69, 9.17) is 4.52 Å². The fraction of sp³-hybridized carbons (Fsp3) is 0.524. The van der Waals surface area contributed by atoms with Gasteiger partial charge in [0.2, 0.25) is 5.91 Å². The Bertz CT molecular complexity index is 866. The average Bonchev–Trinajstić information content (AvgIpc) is 3.33. The number of H-pyrrole nitrogens is 1. The van der Waals surface area contributed by atoms with Crippen LogP contribution in [-0.2, 0) is 11.2 Å². The minimum atomic E-state index is -0.250. The van der Waals surface area contributed by atoms with Crippen molar-refractivity contribution in [2.75, 3.05) is 19.6 Å². The van der Waals surface area contributed by atoms with Crippen LogP contribution >= 0.6 is 0 Å². The Balaban J connectivity index is 1.38. The zero-order valence-electron chi connectivity index (χ0n) is 15.3. The van der Waals surface area contributed by atoms with Crippen molar-refractivity contribution in [3.63, 3.8) is 0 Å². The van der Waals surface area contributed by atoms with E-state index in [0.717, 1.165) is 19.6 Å². The van der Waals surface area contributed by atoms with Gasteiger partial charge in [-0.3, -0.25) is 14.5 Å². The first kappa shape index (κ1) is 16.8. The summed E-state index contributed by atoms with van der Waals surface area (Å²) in [4.78, 5) is 29.1. The van der Waals surface area contributed by atoms with E-state index in [1.54, 1.807) is 0 Å². The smallest absolute Gasteiger partial charge is 0.280 e. The number of aromatic nitrogens is 1. The van der Waals surface area contributed by atoms with Crippen LogP contribution in [0.4, 0.5) is 0 Å². The average molecular weight is 367 g/mol. The number of likely N-dealkylation sites (tertiary alicyclic amines) is 1. The van der Waals surface area contributed by atoms with Crippen molar-refractivity contribution in [1.29, 1.82) is 0 Å². The third kappa shape index (κ3) is 2.92. The Morgan fingerprint density at radius 1 is 1.15 bits per heavy atom. The number of aromatic amines is 1. The molecule has 0 spiro atoms. The van der Waals surface area contributed by atoms with Crippen LogP contribution in [0.3, 0.4) is 0 Å². The van der Waals surface area contributed by atoms with Gasteiger partial charge >= 0.3 is 0 Å². The number of rotatable bonds is 4. The van der Waals surface area contributed by atoms with E-state index >= 15 is 0 Å². The number of hydrogen-bond donors (Lipinski definition) is 1. The van der Waals surface area contributed by atoms with Crippen LogP contribution in [0.25, 0.3) is 0 Å². The number of piperidine rings is 3. The van der Waals surface area contributed by atoms with Crippen LogP contribution in [0.5, 0.6) is 0 Å². The Morgan fingerprint density at radius 2 is 1.93 bits per heavy atom. The summed E-state index contributed by atoms with van der Waals surface area (Å²) in [6, 6.07) is 12.8. The normalized spacial score (nSPS) is 31.9. The standard InChI is InChI=1S/C21H25N3O3/c25-18-12-16(27-22-18)6-7-19(26)24-13-17(14-4-2-1-3-5-14)21-20(24)15-8-10-23(21)11-9-15/h1-5,12,15,17,20-21H,6-11,13H2,(H,22,25)/t17-,20-,21-/m1/s1. The molecule has 6 rings (SSSR count). The van der Waals surface area contributed by atoms with Crippen LogP contribution < -0.4 is 5.56 Å². The van der Waals surface area contributed by atoms with Crippen molar-refractivity contribution in [3.05, 3.63) is 58.1 Å². The zero-order chi connectivity index (χ0) is 18.4. The largest absolute Gasteiger partial charge is 0.384 e. The van der Waals surface area contributed by atoms with Crippen LogP contribution in [0.1, 0.15) is 36.5 Å². The molecule has 27 heavy (non-hydrogen) atoms. The van der Waals surface area contributed by atoms with E-state index in [1.807, 2.05) is 0 Å². The first-order valence-corrected chi connectivity index (χ1v) is 9.96. The Morgan fingerprint density at radius 3 is 2.63 bits per heavy atom. The molecule has 3 atom stereocenters. The van der Waals surface area contributed by atoms with Gasteiger partial charge in [-0.15, -0.1) is 0 Å². The summed E-state index contributed by atoms with van der Waals surface area (Å²) in [6.07, 6.45) is 3.24. The van der Waals surface area contributed by atoms with Gasteiger partial charge in [0.1, 0.15) is 5.76 Å². The molecule has 1 aromatic carbocycles. The highest BCUT2D eigenvalue weighted by molar-refractivity contribution is 5.77. The molecule has 0 aliphatic carbocycles. The molecule has 1 N–H and O–H groups in total. The Hall–Kier alpha value is -2.34. The summed E-state index contributed by atoms with van der Waals surface area (Å²) >= 11 is 0. The minimum absolute atomic E-state index is 0.182. The first-order valence-electron chi connectivity index (χ1n) is 9.96. The summed E-state index contributed by atoms with van der Waals surface area (Å²) in [6.45, 7) is 3.11. The van der Waals surface area contributed by atoms with Gasteiger partial charge in [-0.1, -0.05) is 30.3 Å². The highest BCUT2D eigenvalue weighted by Crippen LogP contribution is 2.46. The maximum atomic E-state index is 13.1. The van der Waals surface area contributed by atoms with E-state index in [2.05, 4.69) is 45.3 Å². The van der Waals surface area contributed by atoms with Gasteiger partial charge in [-0.05, 0) is 37.4 Å². The quantitative estimate of drug-likeness (QED) is 0.897. The SMILES string of the molecule is O=C(CCc1cc(=O)[nH]o1)N1C[C@H](c2ccccc2)[C@@H]2[C@H]1C1CCN2CC1. The van der Waals surface area contributed by atoms with Gasteiger partial charge in [0.05, 0.1) is 6.04 Å². The van der Waals surface area contributed by atoms with E-state index in [1.165, 1.54) is 24.5 Å². The number of carbonyl (C=O) groups excluding carboxylic acids is 1. The summed E-state index contributed by atoms with van der Waals surface area (Å²) in [5.41, 5.74) is 1.09.